The number of aryl methyl sites for hydroxylation is 1. The van der Waals surface area contributed by atoms with Crippen molar-refractivity contribution < 1.29 is 14.5 Å². The van der Waals surface area contributed by atoms with Gasteiger partial charge in [0.25, 0.3) is 0 Å². The Balaban J connectivity index is 2.38. The largest absolute Gasteiger partial charge is 0.490 e. The minimum Gasteiger partial charge on any atom is -0.490 e. The number of methoxy groups -OCH3 is 1. The number of aldehydes is 1. The van der Waals surface area contributed by atoms with E-state index in [2.05, 4.69) is 5.10 Å². The molecule has 2 aromatic rings. The van der Waals surface area contributed by atoms with Crippen molar-refractivity contribution in [2.75, 3.05) is 7.11 Å². The normalized spacial score (nSPS) is 10.4. The van der Waals surface area contributed by atoms with Crippen LogP contribution in [0.5, 0.6) is 5.75 Å². The van der Waals surface area contributed by atoms with Crippen LogP contribution in [0.25, 0.3) is 0 Å². The van der Waals surface area contributed by atoms with Gasteiger partial charge in [0.05, 0.1) is 29.8 Å². The Hall–Kier alpha value is -2.70. The first-order chi connectivity index (χ1) is 9.97. The van der Waals surface area contributed by atoms with Gasteiger partial charge in [0.1, 0.15) is 0 Å². The van der Waals surface area contributed by atoms with Crippen molar-refractivity contribution in [3.63, 3.8) is 0 Å². The highest BCUT2D eigenvalue weighted by atomic mass is 16.6. The number of aromatic nitrogens is 2. The van der Waals surface area contributed by atoms with E-state index in [4.69, 9.17) is 4.74 Å². The third-order valence-electron chi connectivity index (χ3n) is 3.33. The first-order valence-electron chi connectivity index (χ1n) is 6.28. The maximum atomic E-state index is 11.0. The summed E-state index contributed by atoms with van der Waals surface area (Å²) in [5, 5.41) is 15.3. The third kappa shape index (κ3) is 2.76. The summed E-state index contributed by atoms with van der Waals surface area (Å²) in [6.07, 6.45) is 0.768. The molecule has 0 fully saturated rings. The van der Waals surface area contributed by atoms with E-state index in [1.807, 2.05) is 0 Å². The second-order valence-corrected chi connectivity index (χ2v) is 4.62. The van der Waals surface area contributed by atoms with E-state index in [1.165, 1.54) is 13.2 Å². The van der Waals surface area contributed by atoms with Crippen LogP contribution in [-0.2, 0) is 6.54 Å². The molecule has 0 aliphatic carbocycles. The zero-order valence-electron chi connectivity index (χ0n) is 12.0. The maximum absolute atomic E-state index is 11.0. The number of rotatable bonds is 5. The second kappa shape index (κ2) is 5.74. The summed E-state index contributed by atoms with van der Waals surface area (Å²) in [6.45, 7) is 3.90. The summed E-state index contributed by atoms with van der Waals surface area (Å²) in [4.78, 5) is 21.5. The molecule has 1 heterocycles. The number of ether oxygens (including phenoxy) is 1. The highest BCUT2D eigenvalue weighted by Crippen LogP contribution is 2.28. The lowest BCUT2D eigenvalue weighted by molar-refractivity contribution is -0.385. The van der Waals surface area contributed by atoms with E-state index in [0.29, 0.717) is 23.4 Å². The summed E-state index contributed by atoms with van der Waals surface area (Å²) in [7, 11) is 1.39. The standard InChI is InChI=1S/C14H15N3O4/c1-9-12(8-18)10(2)16(15-9)7-11-4-5-14(21-3)13(6-11)17(19)20/h4-6,8H,7H2,1-3H3. The molecular formula is C14H15N3O4. The zero-order valence-corrected chi connectivity index (χ0v) is 12.0. The Kier molecular flexibility index (Phi) is 4.02. The highest BCUT2D eigenvalue weighted by Gasteiger charge is 2.16. The third-order valence-corrected chi connectivity index (χ3v) is 3.33. The zero-order chi connectivity index (χ0) is 15.6. The fraction of sp³-hybridized carbons (Fsp3) is 0.286. The molecule has 0 saturated carbocycles. The quantitative estimate of drug-likeness (QED) is 0.478. The van der Waals surface area contributed by atoms with E-state index in [-0.39, 0.29) is 11.4 Å². The Morgan fingerprint density at radius 2 is 2.14 bits per heavy atom. The molecule has 0 radical (unpaired) electrons. The average Bonchev–Trinajstić information content (AvgIpc) is 2.72. The minimum absolute atomic E-state index is 0.0906. The lowest BCUT2D eigenvalue weighted by Crippen LogP contribution is -2.05. The van der Waals surface area contributed by atoms with Crippen LogP contribution < -0.4 is 4.74 Å². The van der Waals surface area contributed by atoms with Gasteiger partial charge in [0.2, 0.25) is 0 Å². The van der Waals surface area contributed by atoms with Gasteiger partial charge in [-0.1, -0.05) is 6.07 Å². The smallest absolute Gasteiger partial charge is 0.311 e. The van der Waals surface area contributed by atoms with Crippen molar-refractivity contribution in [2.24, 2.45) is 0 Å². The summed E-state index contributed by atoms with van der Waals surface area (Å²) in [5.41, 5.74) is 2.56. The fourth-order valence-electron chi connectivity index (χ4n) is 2.18. The molecule has 0 bridgehead atoms. The van der Waals surface area contributed by atoms with Crippen molar-refractivity contribution in [1.29, 1.82) is 0 Å². The number of carbonyl (C=O) groups is 1. The number of nitro benzene ring substituents is 1. The first kappa shape index (κ1) is 14.7. The number of hydrogen-bond donors (Lipinski definition) is 0. The van der Waals surface area contributed by atoms with Crippen LogP contribution in [0.3, 0.4) is 0 Å². The minimum atomic E-state index is -0.486. The van der Waals surface area contributed by atoms with E-state index in [9.17, 15) is 14.9 Å². The molecule has 1 aromatic heterocycles. The molecular weight excluding hydrogens is 274 g/mol. The Bertz CT molecular complexity index is 706. The van der Waals surface area contributed by atoms with Crippen LogP contribution in [0.4, 0.5) is 5.69 Å². The molecule has 7 nitrogen and oxygen atoms in total. The Morgan fingerprint density at radius 1 is 1.43 bits per heavy atom. The SMILES string of the molecule is COc1ccc(Cn2nc(C)c(C=O)c2C)cc1[N+](=O)[O-]. The molecule has 0 atom stereocenters. The van der Waals surface area contributed by atoms with Crippen LogP contribution in [0.1, 0.15) is 27.3 Å². The molecule has 1 aromatic carbocycles. The van der Waals surface area contributed by atoms with Crippen LogP contribution in [-0.4, -0.2) is 28.1 Å². The van der Waals surface area contributed by atoms with Crippen molar-refractivity contribution in [1.82, 2.24) is 9.78 Å². The predicted octanol–water partition coefficient (Wildman–Crippen LogP) is 2.28. The van der Waals surface area contributed by atoms with Gasteiger partial charge >= 0.3 is 5.69 Å². The number of hydrogen-bond acceptors (Lipinski definition) is 5. The Labute approximate surface area is 121 Å². The van der Waals surface area contributed by atoms with Gasteiger partial charge in [0, 0.05) is 11.8 Å². The highest BCUT2D eigenvalue weighted by molar-refractivity contribution is 5.78. The van der Waals surface area contributed by atoms with Crippen LogP contribution >= 0.6 is 0 Å². The van der Waals surface area contributed by atoms with Crippen LogP contribution in [0.15, 0.2) is 18.2 Å². The molecule has 0 unspecified atom stereocenters. The average molecular weight is 289 g/mol. The molecule has 0 spiro atoms. The van der Waals surface area contributed by atoms with Crippen molar-refractivity contribution >= 4 is 12.0 Å². The van der Waals surface area contributed by atoms with Crippen LogP contribution in [0.2, 0.25) is 0 Å². The molecule has 0 aliphatic heterocycles. The second-order valence-electron chi connectivity index (χ2n) is 4.62. The molecule has 0 saturated heterocycles. The van der Waals surface area contributed by atoms with E-state index in [1.54, 1.807) is 30.7 Å². The van der Waals surface area contributed by atoms with E-state index in [0.717, 1.165) is 12.0 Å². The van der Waals surface area contributed by atoms with Gasteiger partial charge in [-0.2, -0.15) is 5.10 Å². The molecule has 0 amide bonds. The number of benzene rings is 1. The monoisotopic (exact) mass is 289 g/mol. The topological polar surface area (TPSA) is 87.3 Å². The summed E-state index contributed by atoms with van der Waals surface area (Å²) >= 11 is 0. The molecule has 0 aliphatic rings. The maximum Gasteiger partial charge on any atom is 0.311 e. The van der Waals surface area contributed by atoms with Crippen LogP contribution in [0, 0.1) is 24.0 Å². The lowest BCUT2D eigenvalue weighted by atomic mass is 10.1. The van der Waals surface area contributed by atoms with Gasteiger partial charge in [-0.25, -0.2) is 0 Å². The summed E-state index contributed by atoms with van der Waals surface area (Å²) < 4.78 is 6.62. The van der Waals surface area contributed by atoms with E-state index >= 15 is 0 Å². The van der Waals surface area contributed by atoms with Crippen molar-refractivity contribution in [3.8, 4) is 5.75 Å². The van der Waals surface area contributed by atoms with Gasteiger partial charge in [0.15, 0.2) is 12.0 Å². The first-order valence-corrected chi connectivity index (χ1v) is 6.28. The van der Waals surface area contributed by atoms with Gasteiger partial charge in [-0.3, -0.25) is 19.6 Å². The number of carbonyl (C=O) groups excluding carboxylic acids is 1. The van der Waals surface area contributed by atoms with E-state index < -0.39 is 4.92 Å². The lowest BCUT2D eigenvalue weighted by Gasteiger charge is -2.07. The summed E-state index contributed by atoms with van der Waals surface area (Å²) in [6, 6.07) is 4.75. The summed E-state index contributed by atoms with van der Waals surface area (Å²) in [5.74, 6) is 0.214. The molecule has 0 N–H and O–H groups in total. The molecule has 2 rings (SSSR count). The van der Waals surface area contributed by atoms with Gasteiger partial charge in [-0.15, -0.1) is 0 Å². The fourth-order valence-corrected chi connectivity index (χ4v) is 2.18. The Morgan fingerprint density at radius 3 is 2.67 bits per heavy atom. The number of nitrogens with zero attached hydrogens (tertiary/aromatic N) is 3. The van der Waals surface area contributed by atoms with Crippen molar-refractivity contribution in [2.45, 2.75) is 20.4 Å². The van der Waals surface area contributed by atoms with Crippen molar-refractivity contribution in [3.05, 3.63) is 50.8 Å². The van der Waals surface area contributed by atoms with Gasteiger partial charge < -0.3 is 4.74 Å². The molecule has 21 heavy (non-hydrogen) atoms. The number of nitro groups is 1. The predicted molar refractivity (Wildman–Crippen MR) is 75.8 cm³/mol. The molecule has 7 heteroatoms. The van der Waals surface area contributed by atoms with Gasteiger partial charge in [-0.05, 0) is 25.5 Å². The molecule has 110 valence electrons.